The minimum absolute atomic E-state index is 0.0693. The predicted octanol–water partition coefficient (Wildman–Crippen LogP) is 25.0. The average molecular weight is 1130 g/mol. The number of ether oxygens (including phenoxy) is 3. The Bertz CT molecular complexity index is 1290. The summed E-state index contributed by atoms with van der Waals surface area (Å²) < 4.78 is 17.0. The van der Waals surface area contributed by atoms with Crippen LogP contribution in [-0.2, 0) is 28.6 Å². The van der Waals surface area contributed by atoms with E-state index in [1.807, 2.05) is 0 Å². The van der Waals surface area contributed by atoms with E-state index >= 15 is 0 Å². The smallest absolute Gasteiger partial charge is 0.306 e. The monoisotopic (exact) mass is 1130 g/mol. The molecule has 0 radical (unpaired) electrons. The van der Waals surface area contributed by atoms with Crippen LogP contribution in [0.5, 0.6) is 0 Å². The first-order valence-electron chi connectivity index (χ1n) is 36.3. The summed E-state index contributed by atoms with van der Waals surface area (Å²) in [5.41, 5.74) is 0. The molecule has 0 spiro atoms. The SMILES string of the molecule is CCCC/C=C\C/C=C\CCCCCCCC(=O)OCC(COC(=O)CCCCCCCCCCCCCCCCCCCCCCCCCCCCCCCCC)OC(=O)CCCCCCCCCCCCCCCCCCC. The number of allylic oxidation sites excluding steroid dienone is 4. The predicted molar refractivity (Wildman–Crippen MR) is 349 cm³/mol. The van der Waals surface area contributed by atoms with Crippen LogP contribution in [0.15, 0.2) is 24.3 Å². The second-order valence-corrected chi connectivity index (χ2v) is 24.9. The third-order valence-electron chi connectivity index (χ3n) is 16.7. The summed E-state index contributed by atoms with van der Waals surface area (Å²) in [4.78, 5) is 38.4. The zero-order valence-electron chi connectivity index (χ0n) is 54.4. The van der Waals surface area contributed by atoms with E-state index in [1.165, 1.54) is 295 Å². The van der Waals surface area contributed by atoms with Crippen LogP contribution in [-0.4, -0.2) is 37.2 Å². The fourth-order valence-corrected chi connectivity index (χ4v) is 11.2. The summed E-state index contributed by atoms with van der Waals surface area (Å²) in [7, 11) is 0. The van der Waals surface area contributed by atoms with E-state index < -0.39 is 6.10 Å². The first-order chi connectivity index (χ1) is 39.5. The summed E-state index contributed by atoms with van der Waals surface area (Å²) in [6, 6.07) is 0. The largest absolute Gasteiger partial charge is 0.462 e. The fourth-order valence-electron chi connectivity index (χ4n) is 11.2. The highest BCUT2D eigenvalue weighted by atomic mass is 16.6. The number of hydrogen-bond donors (Lipinski definition) is 0. The highest BCUT2D eigenvalue weighted by Crippen LogP contribution is 2.19. The van der Waals surface area contributed by atoms with Gasteiger partial charge in [-0.25, -0.2) is 0 Å². The van der Waals surface area contributed by atoms with Gasteiger partial charge in [0.25, 0.3) is 0 Å². The van der Waals surface area contributed by atoms with Crippen molar-refractivity contribution in [2.75, 3.05) is 13.2 Å². The van der Waals surface area contributed by atoms with Gasteiger partial charge in [0.05, 0.1) is 0 Å². The Kier molecular flexibility index (Phi) is 67.6. The summed E-state index contributed by atoms with van der Waals surface area (Å²) in [6.07, 6.45) is 85.1. The minimum atomic E-state index is -0.774. The normalized spacial score (nSPS) is 12.1. The fraction of sp³-hybridized carbons (Fsp3) is 0.905. The molecule has 0 aromatic carbocycles. The van der Waals surface area contributed by atoms with Crippen molar-refractivity contribution in [3.05, 3.63) is 24.3 Å². The van der Waals surface area contributed by atoms with Crippen LogP contribution >= 0.6 is 0 Å². The molecule has 1 unspecified atom stereocenters. The van der Waals surface area contributed by atoms with Crippen molar-refractivity contribution in [3.63, 3.8) is 0 Å². The lowest BCUT2D eigenvalue weighted by atomic mass is 10.0. The Labute approximate surface area is 500 Å². The number of rotatable bonds is 68. The number of carbonyl (C=O) groups is 3. The van der Waals surface area contributed by atoms with Crippen molar-refractivity contribution in [1.29, 1.82) is 0 Å². The second kappa shape index (κ2) is 69.4. The topological polar surface area (TPSA) is 78.9 Å². The van der Waals surface area contributed by atoms with Crippen LogP contribution in [0, 0.1) is 0 Å². The molecular formula is C74H140O6. The van der Waals surface area contributed by atoms with Crippen molar-refractivity contribution in [2.24, 2.45) is 0 Å². The molecule has 6 heteroatoms. The van der Waals surface area contributed by atoms with Gasteiger partial charge in [0.15, 0.2) is 6.10 Å². The summed E-state index contributed by atoms with van der Waals surface area (Å²) >= 11 is 0. The lowest BCUT2D eigenvalue weighted by molar-refractivity contribution is -0.167. The van der Waals surface area contributed by atoms with Gasteiger partial charge in [0, 0.05) is 19.3 Å². The molecule has 0 saturated carbocycles. The zero-order chi connectivity index (χ0) is 57.8. The van der Waals surface area contributed by atoms with Gasteiger partial charge in [-0.1, -0.05) is 373 Å². The molecule has 80 heavy (non-hydrogen) atoms. The summed E-state index contributed by atoms with van der Waals surface area (Å²) in [6.45, 7) is 6.67. The first kappa shape index (κ1) is 77.9. The van der Waals surface area contributed by atoms with Crippen molar-refractivity contribution < 1.29 is 28.6 Å². The molecule has 6 nitrogen and oxygen atoms in total. The molecule has 0 bridgehead atoms. The van der Waals surface area contributed by atoms with Crippen molar-refractivity contribution in [1.82, 2.24) is 0 Å². The molecule has 0 fully saturated rings. The lowest BCUT2D eigenvalue weighted by Crippen LogP contribution is -2.30. The van der Waals surface area contributed by atoms with E-state index in [1.54, 1.807) is 0 Å². The van der Waals surface area contributed by atoms with Crippen molar-refractivity contribution >= 4 is 17.9 Å². The molecule has 472 valence electrons. The molecule has 0 aliphatic heterocycles. The molecule has 0 aliphatic carbocycles. The van der Waals surface area contributed by atoms with E-state index in [0.29, 0.717) is 19.3 Å². The van der Waals surface area contributed by atoms with E-state index in [4.69, 9.17) is 14.2 Å². The number of esters is 3. The highest BCUT2D eigenvalue weighted by molar-refractivity contribution is 5.71. The average Bonchev–Trinajstić information content (AvgIpc) is 3.46. The molecule has 0 heterocycles. The van der Waals surface area contributed by atoms with Gasteiger partial charge in [-0.05, 0) is 44.9 Å². The number of unbranched alkanes of at least 4 members (excludes halogenated alkanes) is 53. The van der Waals surface area contributed by atoms with Crippen LogP contribution in [0.3, 0.4) is 0 Å². The van der Waals surface area contributed by atoms with Gasteiger partial charge in [0.2, 0.25) is 0 Å². The summed E-state index contributed by atoms with van der Waals surface area (Å²) in [5, 5.41) is 0. The maximum Gasteiger partial charge on any atom is 0.306 e. The second-order valence-electron chi connectivity index (χ2n) is 24.9. The van der Waals surface area contributed by atoms with Crippen LogP contribution in [0.4, 0.5) is 0 Å². The molecule has 0 rings (SSSR count). The standard InChI is InChI=1S/C74H140O6/c1-4-7-10-13-16-19-22-25-28-30-31-32-33-34-35-36-37-38-39-40-41-42-43-45-46-49-52-55-58-61-64-67-73(76)79-70-71(69-78-72(75)66-63-60-57-54-51-48-27-24-21-18-15-12-9-6-3)80-74(77)68-65-62-59-56-53-50-47-44-29-26-23-20-17-14-11-8-5-2/h15,18,24,27,71H,4-14,16-17,19-23,25-26,28-70H2,1-3H3/b18-15-,27-24-. The summed E-state index contributed by atoms with van der Waals surface area (Å²) in [5.74, 6) is -0.852. The Morgan fingerprint density at radius 1 is 0.250 bits per heavy atom. The third kappa shape index (κ3) is 66.7. The number of carbonyl (C=O) groups excluding carboxylic acids is 3. The van der Waals surface area contributed by atoms with Gasteiger partial charge in [-0.3, -0.25) is 14.4 Å². The van der Waals surface area contributed by atoms with Crippen molar-refractivity contribution in [2.45, 2.75) is 419 Å². The molecular weight excluding hydrogens is 985 g/mol. The van der Waals surface area contributed by atoms with Crippen LogP contribution < -0.4 is 0 Å². The quantitative estimate of drug-likeness (QED) is 0.0261. The van der Waals surface area contributed by atoms with Crippen LogP contribution in [0.2, 0.25) is 0 Å². The van der Waals surface area contributed by atoms with Crippen molar-refractivity contribution in [3.8, 4) is 0 Å². The van der Waals surface area contributed by atoms with Gasteiger partial charge < -0.3 is 14.2 Å². The van der Waals surface area contributed by atoms with Gasteiger partial charge in [0.1, 0.15) is 13.2 Å². The van der Waals surface area contributed by atoms with Gasteiger partial charge in [-0.2, -0.15) is 0 Å². The minimum Gasteiger partial charge on any atom is -0.462 e. The number of hydrogen-bond acceptors (Lipinski definition) is 6. The van der Waals surface area contributed by atoms with E-state index in [2.05, 4.69) is 45.1 Å². The van der Waals surface area contributed by atoms with Gasteiger partial charge >= 0.3 is 17.9 Å². The zero-order valence-corrected chi connectivity index (χ0v) is 54.4. The molecule has 0 aliphatic rings. The first-order valence-corrected chi connectivity index (χ1v) is 36.3. The van der Waals surface area contributed by atoms with Crippen LogP contribution in [0.25, 0.3) is 0 Å². The van der Waals surface area contributed by atoms with E-state index in [-0.39, 0.29) is 31.1 Å². The van der Waals surface area contributed by atoms with Gasteiger partial charge in [-0.15, -0.1) is 0 Å². The molecule has 0 amide bonds. The highest BCUT2D eigenvalue weighted by Gasteiger charge is 2.19. The van der Waals surface area contributed by atoms with E-state index in [9.17, 15) is 14.4 Å². The molecule has 0 aromatic heterocycles. The maximum atomic E-state index is 12.9. The Balaban J connectivity index is 4.13. The van der Waals surface area contributed by atoms with Crippen LogP contribution in [0.1, 0.15) is 412 Å². The molecule has 0 N–H and O–H groups in total. The molecule has 0 saturated heterocycles. The Hall–Kier alpha value is -2.11. The maximum absolute atomic E-state index is 12.9. The Morgan fingerprint density at radius 3 is 0.725 bits per heavy atom. The molecule has 1 atom stereocenters. The molecule has 0 aromatic rings. The van der Waals surface area contributed by atoms with E-state index in [0.717, 1.165) is 77.0 Å². The third-order valence-corrected chi connectivity index (χ3v) is 16.7. The Morgan fingerprint density at radius 2 is 0.463 bits per heavy atom. The lowest BCUT2D eigenvalue weighted by Gasteiger charge is -2.18.